The van der Waals surface area contributed by atoms with E-state index in [1.165, 1.54) is 11.8 Å². The number of halogens is 1. The molecule has 5 nitrogen and oxygen atoms in total. The summed E-state index contributed by atoms with van der Waals surface area (Å²) in [5.41, 5.74) is 2.07. The quantitative estimate of drug-likeness (QED) is 0.573. The average molecular weight is 417 g/mol. The summed E-state index contributed by atoms with van der Waals surface area (Å²) < 4.78 is 2.91. The van der Waals surface area contributed by atoms with Gasteiger partial charge in [-0.05, 0) is 29.8 Å². The van der Waals surface area contributed by atoms with E-state index in [-0.39, 0.29) is 5.91 Å². The topological polar surface area (TPSA) is 51.0 Å². The van der Waals surface area contributed by atoms with Gasteiger partial charge in [0.05, 0.1) is 5.75 Å². The summed E-state index contributed by atoms with van der Waals surface area (Å²) in [6, 6.07) is 17.8. The van der Waals surface area contributed by atoms with E-state index < -0.39 is 0 Å². The highest BCUT2D eigenvalue weighted by Gasteiger charge is 2.13. The van der Waals surface area contributed by atoms with Crippen LogP contribution in [0.4, 0.5) is 0 Å². The largest absolute Gasteiger partial charge is 0.341 e. The zero-order valence-electron chi connectivity index (χ0n) is 13.7. The van der Waals surface area contributed by atoms with Crippen LogP contribution in [0.3, 0.4) is 0 Å². The molecule has 2 aromatic carbocycles. The number of para-hydroxylation sites is 1. The van der Waals surface area contributed by atoms with Crippen LogP contribution in [0.15, 0.2) is 70.6 Å². The number of benzene rings is 2. The van der Waals surface area contributed by atoms with Gasteiger partial charge in [0.2, 0.25) is 5.91 Å². The summed E-state index contributed by atoms with van der Waals surface area (Å²) >= 11 is 4.80. The molecule has 0 aliphatic carbocycles. The minimum atomic E-state index is 0.0514. The summed E-state index contributed by atoms with van der Waals surface area (Å²) in [6.45, 7) is 0.581. The highest BCUT2D eigenvalue weighted by atomic mass is 79.9. The Hall–Kier alpha value is -2.12. The van der Waals surface area contributed by atoms with Crippen LogP contribution in [0.5, 0.6) is 0 Å². The van der Waals surface area contributed by atoms with Crippen LogP contribution in [-0.2, 0) is 11.3 Å². The van der Waals surface area contributed by atoms with E-state index in [2.05, 4.69) is 26.1 Å². The van der Waals surface area contributed by atoms with E-state index in [1.807, 2.05) is 66.2 Å². The minimum Gasteiger partial charge on any atom is -0.341 e. The predicted molar refractivity (Wildman–Crippen MR) is 103 cm³/mol. The molecule has 25 heavy (non-hydrogen) atoms. The maximum absolute atomic E-state index is 12.4. The van der Waals surface area contributed by atoms with Crippen LogP contribution in [0.25, 0.3) is 5.69 Å². The fraction of sp³-hybridized carbons (Fsp3) is 0.167. The molecule has 128 valence electrons. The number of amides is 1. The number of rotatable bonds is 6. The second-order valence-electron chi connectivity index (χ2n) is 5.48. The third kappa shape index (κ3) is 4.70. The Balaban J connectivity index is 1.59. The highest BCUT2D eigenvalue weighted by molar-refractivity contribution is 9.10. The van der Waals surface area contributed by atoms with E-state index in [9.17, 15) is 4.79 Å². The second kappa shape index (κ2) is 8.31. The molecule has 0 N–H and O–H groups in total. The first-order valence-electron chi connectivity index (χ1n) is 7.70. The molecule has 0 aliphatic rings. The molecular formula is C18H17BrN4OS. The molecule has 0 aliphatic heterocycles. The Bertz CT molecular complexity index is 836. The first-order chi connectivity index (χ1) is 12.1. The Morgan fingerprint density at radius 2 is 1.88 bits per heavy atom. The van der Waals surface area contributed by atoms with Gasteiger partial charge in [0.15, 0.2) is 5.16 Å². The van der Waals surface area contributed by atoms with Gasteiger partial charge in [0.1, 0.15) is 6.33 Å². The van der Waals surface area contributed by atoms with Crippen LogP contribution in [0.2, 0.25) is 0 Å². The number of nitrogens with zero attached hydrogens (tertiary/aromatic N) is 4. The monoisotopic (exact) mass is 416 g/mol. The van der Waals surface area contributed by atoms with Gasteiger partial charge in [-0.3, -0.25) is 9.36 Å². The number of carbonyl (C=O) groups excluding carboxylic acids is 1. The lowest BCUT2D eigenvalue weighted by Gasteiger charge is -2.17. The Morgan fingerprint density at radius 3 is 2.60 bits per heavy atom. The van der Waals surface area contributed by atoms with Gasteiger partial charge in [0, 0.05) is 23.8 Å². The molecule has 0 spiro atoms. The molecule has 1 amide bonds. The van der Waals surface area contributed by atoms with Crippen molar-refractivity contribution >= 4 is 33.6 Å². The minimum absolute atomic E-state index is 0.0514. The molecule has 0 radical (unpaired) electrons. The second-order valence-corrected chi connectivity index (χ2v) is 7.34. The molecule has 3 rings (SSSR count). The number of carbonyl (C=O) groups is 1. The molecule has 0 atom stereocenters. The van der Waals surface area contributed by atoms with Gasteiger partial charge >= 0.3 is 0 Å². The van der Waals surface area contributed by atoms with Crippen molar-refractivity contribution in [3.63, 3.8) is 0 Å². The zero-order chi connectivity index (χ0) is 17.6. The van der Waals surface area contributed by atoms with Gasteiger partial charge in [-0.15, -0.1) is 10.2 Å². The van der Waals surface area contributed by atoms with E-state index >= 15 is 0 Å². The summed E-state index contributed by atoms with van der Waals surface area (Å²) in [5.74, 6) is 0.369. The molecule has 7 heteroatoms. The van der Waals surface area contributed by atoms with E-state index in [0.717, 1.165) is 15.7 Å². The third-order valence-electron chi connectivity index (χ3n) is 3.63. The molecule has 0 unspecified atom stereocenters. The van der Waals surface area contributed by atoms with E-state index in [1.54, 1.807) is 11.2 Å². The zero-order valence-corrected chi connectivity index (χ0v) is 16.1. The van der Waals surface area contributed by atoms with Gasteiger partial charge < -0.3 is 4.90 Å². The highest BCUT2D eigenvalue weighted by Crippen LogP contribution is 2.20. The lowest BCUT2D eigenvalue weighted by molar-refractivity contribution is -0.127. The van der Waals surface area contributed by atoms with Gasteiger partial charge in [-0.2, -0.15) is 0 Å². The first-order valence-corrected chi connectivity index (χ1v) is 9.48. The van der Waals surface area contributed by atoms with Crippen molar-refractivity contribution in [1.29, 1.82) is 0 Å². The molecule has 0 bridgehead atoms. The van der Waals surface area contributed by atoms with Gasteiger partial charge in [-0.1, -0.05) is 58.0 Å². The summed E-state index contributed by atoms with van der Waals surface area (Å²) in [7, 11) is 1.81. The molecule has 0 fully saturated rings. The smallest absolute Gasteiger partial charge is 0.233 e. The molecular weight excluding hydrogens is 400 g/mol. The van der Waals surface area contributed by atoms with Crippen molar-refractivity contribution in [2.24, 2.45) is 0 Å². The van der Waals surface area contributed by atoms with E-state index in [4.69, 9.17) is 0 Å². The maximum atomic E-state index is 12.4. The average Bonchev–Trinajstić information content (AvgIpc) is 3.11. The summed E-state index contributed by atoms with van der Waals surface area (Å²) in [5, 5.41) is 8.78. The molecule has 3 aromatic rings. The van der Waals surface area contributed by atoms with Crippen molar-refractivity contribution in [3.8, 4) is 5.69 Å². The summed E-state index contributed by atoms with van der Waals surface area (Å²) in [4.78, 5) is 14.1. The Morgan fingerprint density at radius 1 is 1.16 bits per heavy atom. The summed E-state index contributed by atoms with van der Waals surface area (Å²) in [6.07, 6.45) is 1.66. The molecule has 0 saturated heterocycles. The Labute approximate surface area is 159 Å². The SMILES string of the molecule is CN(Cc1ccc(Br)cc1)C(=O)CSc1nncn1-c1ccccc1. The lowest BCUT2D eigenvalue weighted by Crippen LogP contribution is -2.27. The van der Waals surface area contributed by atoms with Crippen molar-refractivity contribution in [3.05, 3.63) is 71.0 Å². The van der Waals surface area contributed by atoms with Crippen LogP contribution in [-0.4, -0.2) is 38.4 Å². The molecule has 1 heterocycles. The first kappa shape index (κ1) is 17.7. The van der Waals surface area contributed by atoms with Crippen molar-refractivity contribution in [2.75, 3.05) is 12.8 Å². The van der Waals surface area contributed by atoms with Crippen LogP contribution < -0.4 is 0 Å². The Kier molecular flexibility index (Phi) is 5.88. The fourth-order valence-corrected chi connectivity index (χ4v) is 3.41. The standard InChI is InChI=1S/C18H17BrN4OS/c1-22(11-14-7-9-15(19)10-8-14)17(24)12-25-18-21-20-13-23(18)16-5-3-2-4-6-16/h2-10,13H,11-12H2,1H3. The number of hydrogen-bond donors (Lipinski definition) is 0. The number of aromatic nitrogens is 3. The lowest BCUT2D eigenvalue weighted by atomic mass is 10.2. The van der Waals surface area contributed by atoms with Crippen molar-refractivity contribution in [1.82, 2.24) is 19.7 Å². The van der Waals surface area contributed by atoms with Crippen LogP contribution in [0, 0.1) is 0 Å². The third-order valence-corrected chi connectivity index (χ3v) is 5.09. The van der Waals surface area contributed by atoms with Crippen molar-refractivity contribution < 1.29 is 4.79 Å². The number of thioether (sulfide) groups is 1. The van der Waals surface area contributed by atoms with Gasteiger partial charge in [0.25, 0.3) is 0 Å². The molecule has 0 saturated carbocycles. The van der Waals surface area contributed by atoms with Gasteiger partial charge in [-0.25, -0.2) is 0 Å². The fourth-order valence-electron chi connectivity index (χ4n) is 2.28. The van der Waals surface area contributed by atoms with Crippen molar-refractivity contribution in [2.45, 2.75) is 11.7 Å². The van der Waals surface area contributed by atoms with Crippen LogP contribution in [0.1, 0.15) is 5.56 Å². The molecule has 1 aromatic heterocycles. The van der Waals surface area contributed by atoms with Crippen LogP contribution >= 0.6 is 27.7 Å². The number of hydrogen-bond acceptors (Lipinski definition) is 4. The predicted octanol–water partition coefficient (Wildman–Crippen LogP) is 3.78. The van der Waals surface area contributed by atoms with E-state index in [0.29, 0.717) is 17.5 Å². The normalized spacial score (nSPS) is 10.6. The maximum Gasteiger partial charge on any atom is 0.233 e.